The number of anilines is 1. The highest BCUT2D eigenvalue weighted by Gasteiger charge is 2.12. The van der Waals surface area contributed by atoms with E-state index in [-0.39, 0.29) is 6.03 Å². The van der Waals surface area contributed by atoms with E-state index in [0.717, 1.165) is 26.1 Å². The number of benzene rings is 1. The lowest BCUT2D eigenvalue weighted by Gasteiger charge is -2.26. The van der Waals surface area contributed by atoms with E-state index in [1.54, 1.807) is 4.90 Å². The zero-order valence-corrected chi connectivity index (χ0v) is 14.7. The minimum Gasteiger partial charge on any atom is -0.370 e. The fraction of sp³-hybridized carbons (Fsp3) is 0.611. The SMILES string of the molecule is CCC(C)CN(C)C(=O)NCCN(CC)c1ccccc1C. The Balaban J connectivity index is 2.45. The van der Waals surface area contributed by atoms with Crippen LogP contribution in [-0.4, -0.2) is 44.2 Å². The van der Waals surface area contributed by atoms with Crippen LogP contribution in [0.15, 0.2) is 24.3 Å². The van der Waals surface area contributed by atoms with E-state index in [0.29, 0.717) is 12.5 Å². The van der Waals surface area contributed by atoms with Crippen LogP contribution in [0.25, 0.3) is 0 Å². The highest BCUT2D eigenvalue weighted by atomic mass is 16.2. The molecule has 1 N–H and O–H groups in total. The number of rotatable bonds is 8. The van der Waals surface area contributed by atoms with E-state index < -0.39 is 0 Å². The number of nitrogens with one attached hydrogen (secondary N) is 1. The van der Waals surface area contributed by atoms with E-state index in [1.807, 2.05) is 7.05 Å². The molecule has 2 amide bonds. The van der Waals surface area contributed by atoms with Crippen molar-refractivity contribution in [3.8, 4) is 0 Å². The molecular formula is C18H31N3O. The van der Waals surface area contributed by atoms with Gasteiger partial charge in [0.1, 0.15) is 0 Å². The maximum atomic E-state index is 12.1. The van der Waals surface area contributed by atoms with Crippen molar-refractivity contribution in [2.75, 3.05) is 38.1 Å². The molecule has 0 aromatic heterocycles. The number of likely N-dealkylation sites (N-methyl/N-ethyl adjacent to an activating group) is 1. The van der Waals surface area contributed by atoms with Gasteiger partial charge in [-0.2, -0.15) is 0 Å². The quantitative estimate of drug-likeness (QED) is 0.798. The van der Waals surface area contributed by atoms with Crippen LogP contribution in [0.5, 0.6) is 0 Å². The lowest BCUT2D eigenvalue weighted by Crippen LogP contribution is -2.42. The number of hydrogen-bond acceptors (Lipinski definition) is 2. The maximum Gasteiger partial charge on any atom is 0.317 e. The van der Waals surface area contributed by atoms with Crippen LogP contribution in [0.3, 0.4) is 0 Å². The minimum absolute atomic E-state index is 0.0149. The molecule has 1 atom stereocenters. The highest BCUT2D eigenvalue weighted by Crippen LogP contribution is 2.18. The van der Waals surface area contributed by atoms with Crippen LogP contribution in [0.2, 0.25) is 0 Å². The zero-order chi connectivity index (χ0) is 16.5. The number of amides is 2. The lowest BCUT2D eigenvalue weighted by atomic mass is 10.1. The fourth-order valence-corrected chi connectivity index (χ4v) is 2.48. The van der Waals surface area contributed by atoms with E-state index in [9.17, 15) is 4.79 Å². The van der Waals surface area contributed by atoms with Crippen LogP contribution < -0.4 is 10.2 Å². The summed E-state index contributed by atoms with van der Waals surface area (Å²) in [5.74, 6) is 0.537. The molecule has 0 radical (unpaired) electrons. The molecular weight excluding hydrogens is 274 g/mol. The van der Waals surface area contributed by atoms with Crippen molar-refractivity contribution in [2.45, 2.75) is 34.1 Å². The van der Waals surface area contributed by atoms with Gasteiger partial charge in [-0.1, -0.05) is 38.5 Å². The number of hydrogen-bond donors (Lipinski definition) is 1. The van der Waals surface area contributed by atoms with E-state index in [1.165, 1.54) is 11.3 Å². The summed E-state index contributed by atoms with van der Waals surface area (Å²) in [6, 6.07) is 8.38. The molecule has 1 aromatic rings. The molecule has 0 saturated carbocycles. The van der Waals surface area contributed by atoms with Gasteiger partial charge < -0.3 is 15.1 Å². The molecule has 0 fully saturated rings. The predicted octanol–water partition coefficient (Wildman–Crippen LogP) is 3.51. The largest absolute Gasteiger partial charge is 0.370 e. The Kier molecular flexibility index (Phi) is 7.78. The van der Waals surface area contributed by atoms with Crippen LogP contribution in [0, 0.1) is 12.8 Å². The number of nitrogens with zero attached hydrogens (tertiary/aromatic N) is 2. The lowest BCUT2D eigenvalue weighted by molar-refractivity contribution is 0.201. The number of carbonyl (C=O) groups excluding carboxylic acids is 1. The molecule has 22 heavy (non-hydrogen) atoms. The minimum atomic E-state index is 0.0149. The first-order valence-electron chi connectivity index (χ1n) is 8.29. The molecule has 0 saturated heterocycles. The van der Waals surface area contributed by atoms with Crippen molar-refractivity contribution >= 4 is 11.7 Å². The third-order valence-corrected chi connectivity index (χ3v) is 4.12. The van der Waals surface area contributed by atoms with Crippen LogP contribution in [-0.2, 0) is 0 Å². The second-order valence-corrected chi connectivity index (χ2v) is 5.99. The Bertz CT molecular complexity index is 461. The number of aryl methyl sites for hydroxylation is 1. The summed E-state index contributed by atoms with van der Waals surface area (Å²) in [6.07, 6.45) is 1.09. The van der Waals surface area contributed by atoms with Gasteiger partial charge in [-0.05, 0) is 31.4 Å². The Morgan fingerprint density at radius 1 is 1.27 bits per heavy atom. The van der Waals surface area contributed by atoms with Gasteiger partial charge in [-0.3, -0.25) is 0 Å². The van der Waals surface area contributed by atoms with Gasteiger partial charge in [-0.25, -0.2) is 4.79 Å². The summed E-state index contributed by atoms with van der Waals surface area (Å²) in [7, 11) is 1.86. The Morgan fingerprint density at radius 3 is 2.55 bits per heavy atom. The highest BCUT2D eigenvalue weighted by molar-refractivity contribution is 5.73. The molecule has 1 aromatic carbocycles. The van der Waals surface area contributed by atoms with Gasteiger partial charge in [0, 0.05) is 38.9 Å². The molecule has 0 aliphatic rings. The standard InChI is InChI=1S/C18H31N3O/c1-6-15(3)14-20(5)18(22)19-12-13-21(7-2)17-11-9-8-10-16(17)4/h8-11,15H,6-7,12-14H2,1-5H3,(H,19,22). The zero-order valence-electron chi connectivity index (χ0n) is 14.7. The van der Waals surface area contributed by atoms with Gasteiger partial charge in [0.25, 0.3) is 0 Å². The number of carbonyl (C=O) groups is 1. The maximum absolute atomic E-state index is 12.1. The Hall–Kier alpha value is -1.71. The summed E-state index contributed by atoms with van der Waals surface area (Å²) < 4.78 is 0. The Labute approximate surface area is 135 Å². The van der Waals surface area contributed by atoms with E-state index >= 15 is 0 Å². The third-order valence-electron chi connectivity index (χ3n) is 4.12. The first-order valence-corrected chi connectivity index (χ1v) is 8.29. The monoisotopic (exact) mass is 305 g/mol. The van der Waals surface area contributed by atoms with Crippen molar-refractivity contribution in [3.63, 3.8) is 0 Å². The number of para-hydroxylation sites is 1. The third kappa shape index (κ3) is 5.58. The molecule has 0 heterocycles. The van der Waals surface area contributed by atoms with Crippen LogP contribution >= 0.6 is 0 Å². The van der Waals surface area contributed by atoms with Gasteiger partial charge in [0.15, 0.2) is 0 Å². The second-order valence-electron chi connectivity index (χ2n) is 5.99. The predicted molar refractivity (Wildman–Crippen MR) is 94.5 cm³/mol. The van der Waals surface area contributed by atoms with Gasteiger partial charge in [0.05, 0.1) is 0 Å². The molecule has 124 valence electrons. The molecule has 0 aliphatic heterocycles. The van der Waals surface area contributed by atoms with Crippen molar-refractivity contribution in [1.82, 2.24) is 10.2 Å². The molecule has 0 bridgehead atoms. The first-order chi connectivity index (χ1) is 10.5. The van der Waals surface area contributed by atoms with Crippen molar-refractivity contribution in [1.29, 1.82) is 0 Å². The smallest absolute Gasteiger partial charge is 0.317 e. The molecule has 4 nitrogen and oxygen atoms in total. The normalized spacial score (nSPS) is 11.9. The van der Waals surface area contributed by atoms with E-state index in [4.69, 9.17) is 0 Å². The first kappa shape index (κ1) is 18.3. The summed E-state index contributed by atoms with van der Waals surface area (Å²) in [5, 5.41) is 3.01. The van der Waals surface area contributed by atoms with Gasteiger partial charge >= 0.3 is 6.03 Å². The van der Waals surface area contributed by atoms with Crippen molar-refractivity contribution < 1.29 is 4.79 Å². The van der Waals surface area contributed by atoms with Gasteiger partial charge in [0.2, 0.25) is 0 Å². The average Bonchev–Trinajstić information content (AvgIpc) is 2.52. The summed E-state index contributed by atoms with van der Waals surface area (Å²) in [5.41, 5.74) is 2.51. The Morgan fingerprint density at radius 2 is 1.95 bits per heavy atom. The summed E-state index contributed by atoms with van der Waals surface area (Å²) in [4.78, 5) is 16.1. The number of urea groups is 1. The topological polar surface area (TPSA) is 35.6 Å². The average molecular weight is 305 g/mol. The molecule has 1 rings (SSSR count). The molecule has 1 unspecified atom stereocenters. The van der Waals surface area contributed by atoms with E-state index in [2.05, 4.69) is 62.2 Å². The van der Waals surface area contributed by atoms with Crippen molar-refractivity contribution in [2.24, 2.45) is 5.92 Å². The molecule has 4 heteroatoms. The van der Waals surface area contributed by atoms with Gasteiger partial charge in [-0.15, -0.1) is 0 Å². The summed E-state index contributed by atoms with van der Waals surface area (Å²) >= 11 is 0. The second kappa shape index (κ2) is 9.34. The van der Waals surface area contributed by atoms with Crippen LogP contribution in [0.1, 0.15) is 32.8 Å². The van der Waals surface area contributed by atoms with Crippen molar-refractivity contribution in [3.05, 3.63) is 29.8 Å². The van der Waals surface area contributed by atoms with Crippen LogP contribution in [0.4, 0.5) is 10.5 Å². The molecule has 0 aliphatic carbocycles. The fourth-order valence-electron chi connectivity index (χ4n) is 2.48. The molecule has 0 spiro atoms. The summed E-state index contributed by atoms with van der Waals surface area (Å²) in [6.45, 7) is 11.8.